The number of halogens is 2. The molecule has 4 aromatic rings. The molecular formula is C22H20ClFN4. The van der Waals surface area contributed by atoms with Gasteiger partial charge in [-0.1, -0.05) is 61.8 Å². The third-order valence-corrected chi connectivity index (χ3v) is 4.73. The first kappa shape index (κ1) is 18.4. The number of benzene rings is 2. The van der Waals surface area contributed by atoms with Crippen LogP contribution in [0.2, 0.25) is 5.02 Å². The van der Waals surface area contributed by atoms with Gasteiger partial charge in [-0.3, -0.25) is 0 Å². The Labute approximate surface area is 168 Å². The average molecular weight is 395 g/mol. The summed E-state index contributed by atoms with van der Waals surface area (Å²) in [4.78, 5) is 12.5. The number of H-pyrrole nitrogens is 1. The Morgan fingerprint density at radius 2 is 1.89 bits per heavy atom. The summed E-state index contributed by atoms with van der Waals surface area (Å²) < 4.78 is 16.5. The molecule has 0 saturated heterocycles. The average Bonchev–Trinajstić information content (AvgIpc) is 3.29. The van der Waals surface area contributed by atoms with E-state index in [1.54, 1.807) is 18.5 Å². The van der Waals surface area contributed by atoms with Crippen LogP contribution in [0.5, 0.6) is 0 Å². The molecule has 142 valence electrons. The molecule has 0 aliphatic carbocycles. The minimum absolute atomic E-state index is 0.259. The Morgan fingerprint density at radius 3 is 2.61 bits per heavy atom. The topological polar surface area (TPSA) is 46.5 Å². The molecule has 4 nitrogen and oxygen atoms in total. The minimum atomic E-state index is -0.419. The molecule has 4 rings (SSSR count). The van der Waals surface area contributed by atoms with E-state index in [0.29, 0.717) is 22.5 Å². The number of hydrogen-bond donors (Lipinski definition) is 1. The van der Waals surface area contributed by atoms with Gasteiger partial charge in [0, 0.05) is 18.3 Å². The monoisotopic (exact) mass is 394 g/mol. The van der Waals surface area contributed by atoms with E-state index in [1.165, 1.54) is 6.07 Å². The van der Waals surface area contributed by atoms with E-state index in [4.69, 9.17) is 11.6 Å². The molecule has 0 atom stereocenters. The highest BCUT2D eigenvalue weighted by Crippen LogP contribution is 2.35. The fourth-order valence-corrected chi connectivity index (χ4v) is 3.47. The predicted octanol–water partition coefficient (Wildman–Crippen LogP) is 6.06. The van der Waals surface area contributed by atoms with Crippen molar-refractivity contribution >= 4 is 11.6 Å². The summed E-state index contributed by atoms with van der Waals surface area (Å²) in [5.41, 5.74) is 3.39. The molecule has 0 aliphatic rings. The molecule has 2 aromatic carbocycles. The van der Waals surface area contributed by atoms with Crippen molar-refractivity contribution in [3.63, 3.8) is 0 Å². The van der Waals surface area contributed by atoms with Crippen molar-refractivity contribution in [2.45, 2.75) is 20.4 Å². The van der Waals surface area contributed by atoms with E-state index in [1.807, 2.05) is 41.1 Å². The van der Waals surface area contributed by atoms with Crippen LogP contribution in [-0.4, -0.2) is 19.5 Å². The van der Waals surface area contributed by atoms with Crippen molar-refractivity contribution in [3.8, 4) is 34.0 Å². The van der Waals surface area contributed by atoms with Gasteiger partial charge in [0.25, 0.3) is 0 Å². The lowest BCUT2D eigenvalue weighted by Gasteiger charge is -2.04. The van der Waals surface area contributed by atoms with E-state index in [2.05, 4.69) is 28.8 Å². The summed E-state index contributed by atoms with van der Waals surface area (Å²) >= 11 is 6.26. The number of aromatic nitrogens is 4. The summed E-state index contributed by atoms with van der Waals surface area (Å²) in [6, 6.07) is 14.4. The van der Waals surface area contributed by atoms with Crippen LogP contribution in [0.15, 0.2) is 61.1 Å². The second kappa shape index (κ2) is 7.60. The van der Waals surface area contributed by atoms with Crippen LogP contribution >= 0.6 is 11.6 Å². The van der Waals surface area contributed by atoms with E-state index in [-0.39, 0.29) is 5.56 Å². The van der Waals surface area contributed by atoms with E-state index in [0.717, 1.165) is 23.5 Å². The largest absolute Gasteiger partial charge is 0.337 e. The lowest BCUT2D eigenvalue weighted by atomic mass is 10.1. The van der Waals surface area contributed by atoms with Crippen LogP contribution in [0.4, 0.5) is 4.39 Å². The molecule has 0 fully saturated rings. The number of aromatic amines is 1. The van der Waals surface area contributed by atoms with Gasteiger partial charge in [-0.05, 0) is 18.1 Å². The molecule has 6 heteroatoms. The van der Waals surface area contributed by atoms with Crippen LogP contribution in [-0.2, 0) is 6.54 Å². The van der Waals surface area contributed by atoms with Gasteiger partial charge in [-0.15, -0.1) is 0 Å². The summed E-state index contributed by atoms with van der Waals surface area (Å²) in [6.45, 7) is 5.17. The highest BCUT2D eigenvalue weighted by molar-refractivity contribution is 6.33. The standard InChI is InChI=1S/C22H20ClFN4/c1-14(2)11-28-12-18(25-13-28)21-20(15-7-4-3-5-8-15)26-22(27-21)19-16(23)9-6-10-17(19)24/h3-10,12-14H,11H2,1-2H3,(H,26,27). The Balaban J connectivity index is 1.87. The molecule has 0 radical (unpaired) electrons. The van der Waals surface area contributed by atoms with Crippen molar-refractivity contribution in [2.75, 3.05) is 0 Å². The first-order chi connectivity index (χ1) is 13.5. The van der Waals surface area contributed by atoms with Crippen molar-refractivity contribution in [1.82, 2.24) is 19.5 Å². The zero-order chi connectivity index (χ0) is 19.7. The molecule has 0 unspecified atom stereocenters. The maximum Gasteiger partial charge on any atom is 0.143 e. The fourth-order valence-electron chi connectivity index (χ4n) is 3.22. The quantitative estimate of drug-likeness (QED) is 0.447. The Hall–Kier alpha value is -2.92. The lowest BCUT2D eigenvalue weighted by Crippen LogP contribution is -2.01. The maximum atomic E-state index is 14.5. The Morgan fingerprint density at radius 1 is 1.11 bits per heavy atom. The molecule has 0 spiro atoms. The molecule has 0 bridgehead atoms. The maximum absolute atomic E-state index is 14.5. The van der Waals surface area contributed by atoms with E-state index < -0.39 is 5.82 Å². The first-order valence-corrected chi connectivity index (χ1v) is 9.52. The highest BCUT2D eigenvalue weighted by atomic mass is 35.5. The third-order valence-electron chi connectivity index (χ3n) is 4.42. The van der Waals surface area contributed by atoms with E-state index >= 15 is 0 Å². The van der Waals surface area contributed by atoms with Crippen LogP contribution in [0.25, 0.3) is 34.0 Å². The van der Waals surface area contributed by atoms with Crippen LogP contribution in [0.3, 0.4) is 0 Å². The van der Waals surface area contributed by atoms with Gasteiger partial charge >= 0.3 is 0 Å². The summed E-state index contributed by atoms with van der Waals surface area (Å²) in [5, 5.41) is 0.310. The van der Waals surface area contributed by atoms with Crippen molar-refractivity contribution < 1.29 is 4.39 Å². The Bertz CT molecular complexity index is 1080. The number of rotatable bonds is 5. The van der Waals surface area contributed by atoms with Gasteiger partial charge in [-0.25, -0.2) is 14.4 Å². The van der Waals surface area contributed by atoms with Crippen LogP contribution in [0.1, 0.15) is 13.8 Å². The second-order valence-electron chi connectivity index (χ2n) is 7.12. The molecule has 2 heterocycles. The SMILES string of the molecule is CC(C)Cn1cnc(-c2nc(-c3c(F)cccc3Cl)[nH]c2-c2ccccc2)c1. The normalized spacial score (nSPS) is 11.3. The van der Waals surface area contributed by atoms with Gasteiger partial charge in [0.1, 0.15) is 23.0 Å². The van der Waals surface area contributed by atoms with Gasteiger partial charge in [-0.2, -0.15) is 0 Å². The summed E-state index contributed by atoms with van der Waals surface area (Å²) in [7, 11) is 0. The number of imidazole rings is 2. The van der Waals surface area contributed by atoms with Crippen molar-refractivity contribution in [1.29, 1.82) is 0 Å². The predicted molar refractivity (Wildman–Crippen MR) is 110 cm³/mol. The minimum Gasteiger partial charge on any atom is -0.337 e. The van der Waals surface area contributed by atoms with Gasteiger partial charge in [0.2, 0.25) is 0 Å². The molecule has 0 aliphatic heterocycles. The molecule has 0 saturated carbocycles. The van der Waals surface area contributed by atoms with Gasteiger partial charge < -0.3 is 9.55 Å². The molecule has 0 amide bonds. The van der Waals surface area contributed by atoms with Gasteiger partial charge in [0.05, 0.1) is 22.6 Å². The van der Waals surface area contributed by atoms with Crippen LogP contribution in [0, 0.1) is 11.7 Å². The third kappa shape index (κ3) is 3.58. The molecule has 2 aromatic heterocycles. The number of nitrogens with one attached hydrogen (secondary N) is 1. The smallest absolute Gasteiger partial charge is 0.143 e. The van der Waals surface area contributed by atoms with Crippen molar-refractivity contribution in [2.24, 2.45) is 5.92 Å². The zero-order valence-corrected chi connectivity index (χ0v) is 16.4. The Kier molecular flexibility index (Phi) is 5.01. The molecular weight excluding hydrogens is 375 g/mol. The summed E-state index contributed by atoms with van der Waals surface area (Å²) in [6.07, 6.45) is 3.77. The van der Waals surface area contributed by atoms with Gasteiger partial charge in [0.15, 0.2) is 0 Å². The highest BCUT2D eigenvalue weighted by Gasteiger charge is 2.20. The van der Waals surface area contributed by atoms with Crippen molar-refractivity contribution in [3.05, 3.63) is 71.9 Å². The first-order valence-electron chi connectivity index (χ1n) is 9.15. The number of hydrogen-bond acceptors (Lipinski definition) is 2. The molecule has 28 heavy (non-hydrogen) atoms. The second-order valence-corrected chi connectivity index (χ2v) is 7.53. The zero-order valence-electron chi connectivity index (χ0n) is 15.7. The van der Waals surface area contributed by atoms with E-state index in [9.17, 15) is 4.39 Å². The number of nitrogens with zero attached hydrogens (tertiary/aromatic N) is 3. The molecule has 1 N–H and O–H groups in total. The summed E-state index contributed by atoms with van der Waals surface area (Å²) in [5.74, 6) is 0.468. The fraction of sp³-hybridized carbons (Fsp3) is 0.182. The lowest BCUT2D eigenvalue weighted by molar-refractivity contribution is 0.523. The van der Waals surface area contributed by atoms with Crippen LogP contribution < -0.4 is 0 Å².